The number of nitrogens with one attached hydrogen (secondary N) is 2. The Kier molecular flexibility index (Phi) is 4.24. The number of hydrogen-bond donors (Lipinski definition) is 3. The van der Waals surface area contributed by atoms with Crippen molar-refractivity contribution in [1.29, 1.82) is 0 Å². The fraction of sp³-hybridized carbons (Fsp3) is 0.600. The Morgan fingerprint density at radius 1 is 1.50 bits per heavy atom. The summed E-state index contributed by atoms with van der Waals surface area (Å²) in [5, 5.41) is 13.2. The number of urea groups is 1. The van der Waals surface area contributed by atoms with Gasteiger partial charge in [0.2, 0.25) is 11.8 Å². The van der Waals surface area contributed by atoms with Crippen molar-refractivity contribution in [3.63, 3.8) is 0 Å². The third kappa shape index (κ3) is 3.19. The van der Waals surface area contributed by atoms with Crippen molar-refractivity contribution in [2.24, 2.45) is 0 Å². The SMILES string of the molecule is CC(C(=O)O)N(C)C(=O)NC1CCC(=O)NC1=O. The zero-order valence-electron chi connectivity index (χ0n) is 10.1. The number of hydrogen-bond acceptors (Lipinski definition) is 4. The van der Waals surface area contributed by atoms with Gasteiger partial charge >= 0.3 is 12.0 Å². The zero-order valence-corrected chi connectivity index (χ0v) is 10.1. The number of nitrogens with zero attached hydrogens (tertiary/aromatic N) is 1. The number of carbonyl (C=O) groups excluding carboxylic acids is 3. The molecule has 3 N–H and O–H groups in total. The van der Waals surface area contributed by atoms with E-state index >= 15 is 0 Å². The average molecular weight is 257 g/mol. The third-order valence-corrected chi connectivity index (χ3v) is 2.80. The summed E-state index contributed by atoms with van der Waals surface area (Å²) in [7, 11) is 1.32. The number of imide groups is 1. The van der Waals surface area contributed by atoms with Crippen molar-refractivity contribution in [2.45, 2.75) is 31.8 Å². The van der Waals surface area contributed by atoms with Crippen LogP contribution in [0.1, 0.15) is 19.8 Å². The van der Waals surface area contributed by atoms with Gasteiger partial charge in [0.1, 0.15) is 12.1 Å². The molecule has 0 aromatic heterocycles. The molecule has 1 heterocycles. The van der Waals surface area contributed by atoms with E-state index in [2.05, 4.69) is 10.6 Å². The van der Waals surface area contributed by atoms with Gasteiger partial charge in [-0.1, -0.05) is 0 Å². The number of carboxylic acid groups (broad SMARTS) is 1. The Balaban J connectivity index is 2.57. The van der Waals surface area contributed by atoms with E-state index in [1.165, 1.54) is 14.0 Å². The predicted octanol–water partition coefficient (Wildman–Crippen LogP) is -1.09. The highest BCUT2D eigenvalue weighted by molar-refractivity contribution is 6.01. The van der Waals surface area contributed by atoms with Crippen molar-refractivity contribution in [1.82, 2.24) is 15.5 Å². The topological polar surface area (TPSA) is 116 Å². The molecule has 1 aliphatic heterocycles. The highest BCUT2D eigenvalue weighted by Gasteiger charge is 2.30. The summed E-state index contributed by atoms with van der Waals surface area (Å²) in [5.41, 5.74) is 0. The highest BCUT2D eigenvalue weighted by Crippen LogP contribution is 2.05. The van der Waals surface area contributed by atoms with Crippen LogP contribution in [0.4, 0.5) is 4.79 Å². The largest absolute Gasteiger partial charge is 0.480 e. The minimum atomic E-state index is -1.14. The summed E-state index contributed by atoms with van der Waals surface area (Å²) in [4.78, 5) is 45.6. The number of aliphatic carboxylic acids is 1. The molecule has 0 aromatic carbocycles. The first kappa shape index (κ1) is 13.9. The van der Waals surface area contributed by atoms with Crippen molar-refractivity contribution in [3.05, 3.63) is 0 Å². The van der Waals surface area contributed by atoms with Crippen LogP contribution in [-0.4, -0.2) is 53.0 Å². The first-order valence-corrected chi connectivity index (χ1v) is 5.42. The van der Waals surface area contributed by atoms with E-state index in [9.17, 15) is 19.2 Å². The molecule has 8 nitrogen and oxygen atoms in total. The Labute approximate surface area is 103 Å². The number of carboxylic acids is 1. The number of rotatable bonds is 3. The highest BCUT2D eigenvalue weighted by atomic mass is 16.4. The lowest BCUT2D eigenvalue weighted by Gasteiger charge is -2.27. The van der Waals surface area contributed by atoms with Gasteiger partial charge < -0.3 is 15.3 Å². The molecule has 0 aliphatic carbocycles. The van der Waals surface area contributed by atoms with Gasteiger partial charge in [-0.05, 0) is 13.3 Å². The van der Waals surface area contributed by atoms with E-state index in [1.807, 2.05) is 0 Å². The van der Waals surface area contributed by atoms with E-state index in [4.69, 9.17) is 5.11 Å². The van der Waals surface area contributed by atoms with Gasteiger partial charge in [-0.25, -0.2) is 9.59 Å². The van der Waals surface area contributed by atoms with Crippen molar-refractivity contribution in [2.75, 3.05) is 7.05 Å². The van der Waals surface area contributed by atoms with Gasteiger partial charge in [0, 0.05) is 13.5 Å². The van der Waals surface area contributed by atoms with E-state index < -0.39 is 30.0 Å². The molecule has 8 heteroatoms. The molecular weight excluding hydrogens is 242 g/mol. The molecule has 0 saturated carbocycles. The van der Waals surface area contributed by atoms with Gasteiger partial charge in [0.25, 0.3) is 0 Å². The molecule has 1 aliphatic rings. The Bertz CT molecular complexity index is 395. The first-order chi connectivity index (χ1) is 8.32. The Hall–Kier alpha value is -2.12. The van der Waals surface area contributed by atoms with E-state index in [0.29, 0.717) is 0 Å². The molecule has 2 atom stereocenters. The summed E-state index contributed by atoms with van der Waals surface area (Å²) in [6.07, 6.45) is 0.362. The lowest BCUT2D eigenvalue weighted by atomic mass is 10.1. The van der Waals surface area contributed by atoms with Crippen LogP contribution in [0.2, 0.25) is 0 Å². The molecule has 1 rings (SSSR count). The molecule has 0 spiro atoms. The third-order valence-electron chi connectivity index (χ3n) is 2.80. The summed E-state index contributed by atoms with van der Waals surface area (Å²) in [6.45, 7) is 1.35. The van der Waals surface area contributed by atoms with Gasteiger partial charge in [-0.2, -0.15) is 0 Å². The monoisotopic (exact) mass is 257 g/mol. The molecule has 4 amide bonds. The van der Waals surface area contributed by atoms with Crippen LogP contribution in [0.25, 0.3) is 0 Å². The molecule has 0 radical (unpaired) electrons. The lowest BCUT2D eigenvalue weighted by molar-refractivity contribution is -0.141. The molecular formula is C10H15N3O5. The van der Waals surface area contributed by atoms with Gasteiger partial charge in [0.05, 0.1) is 0 Å². The second kappa shape index (κ2) is 5.48. The molecule has 0 aromatic rings. The van der Waals surface area contributed by atoms with Crippen LogP contribution in [-0.2, 0) is 14.4 Å². The molecule has 100 valence electrons. The summed E-state index contributed by atoms with van der Waals surface area (Å²) >= 11 is 0. The second-order valence-electron chi connectivity index (χ2n) is 4.08. The van der Waals surface area contributed by atoms with Crippen LogP contribution in [0.5, 0.6) is 0 Å². The van der Waals surface area contributed by atoms with E-state index in [0.717, 1.165) is 4.90 Å². The number of piperidine rings is 1. The second-order valence-corrected chi connectivity index (χ2v) is 4.08. The number of amides is 4. The minimum absolute atomic E-state index is 0.148. The normalized spacial score (nSPS) is 20.9. The summed E-state index contributed by atoms with van der Waals surface area (Å²) in [6, 6.07) is -2.48. The maximum atomic E-state index is 11.7. The maximum Gasteiger partial charge on any atom is 0.326 e. The Morgan fingerprint density at radius 2 is 2.11 bits per heavy atom. The van der Waals surface area contributed by atoms with Crippen LogP contribution >= 0.6 is 0 Å². The molecule has 1 fully saturated rings. The number of likely N-dealkylation sites (N-methyl/N-ethyl adjacent to an activating group) is 1. The molecule has 2 unspecified atom stereocenters. The molecule has 18 heavy (non-hydrogen) atoms. The van der Waals surface area contributed by atoms with Crippen LogP contribution in [0.15, 0.2) is 0 Å². The number of carbonyl (C=O) groups is 4. The quantitative estimate of drug-likeness (QED) is 0.555. The van der Waals surface area contributed by atoms with Crippen molar-refractivity contribution in [3.8, 4) is 0 Å². The minimum Gasteiger partial charge on any atom is -0.480 e. The molecule has 0 bridgehead atoms. The van der Waals surface area contributed by atoms with Crippen LogP contribution in [0, 0.1) is 0 Å². The van der Waals surface area contributed by atoms with Gasteiger partial charge in [-0.15, -0.1) is 0 Å². The van der Waals surface area contributed by atoms with Crippen molar-refractivity contribution >= 4 is 23.8 Å². The van der Waals surface area contributed by atoms with Gasteiger partial charge in [-0.3, -0.25) is 14.9 Å². The van der Waals surface area contributed by atoms with Crippen molar-refractivity contribution < 1.29 is 24.3 Å². The Morgan fingerprint density at radius 3 is 2.61 bits per heavy atom. The zero-order chi connectivity index (χ0) is 13.9. The lowest BCUT2D eigenvalue weighted by Crippen LogP contribution is -2.56. The standard InChI is InChI=1S/C10H15N3O5/c1-5(9(16)17)13(2)10(18)11-6-3-4-7(14)12-8(6)15/h5-6H,3-4H2,1-2H3,(H,11,18)(H,16,17)(H,12,14,15). The van der Waals surface area contributed by atoms with Gasteiger partial charge in [0.15, 0.2) is 0 Å². The predicted molar refractivity (Wildman–Crippen MR) is 59.6 cm³/mol. The maximum absolute atomic E-state index is 11.7. The first-order valence-electron chi connectivity index (χ1n) is 5.42. The van der Waals surface area contributed by atoms with Crippen LogP contribution in [0.3, 0.4) is 0 Å². The van der Waals surface area contributed by atoms with E-state index in [-0.39, 0.29) is 18.7 Å². The molecule has 1 saturated heterocycles. The summed E-state index contributed by atoms with van der Waals surface area (Å²) in [5.74, 6) is -2.09. The fourth-order valence-corrected chi connectivity index (χ4v) is 1.42. The smallest absolute Gasteiger partial charge is 0.326 e. The fourth-order valence-electron chi connectivity index (χ4n) is 1.42. The summed E-state index contributed by atoms with van der Waals surface area (Å²) < 4.78 is 0. The van der Waals surface area contributed by atoms with E-state index in [1.54, 1.807) is 0 Å². The average Bonchev–Trinajstić information content (AvgIpc) is 2.30. The van der Waals surface area contributed by atoms with Crippen LogP contribution < -0.4 is 10.6 Å².